The number of carbonyl (C=O) groups excluding carboxylic acids is 1. The normalized spacial score (nSPS) is 14.6. The number of amides is 1. The zero-order valence-electron chi connectivity index (χ0n) is 16.7. The molecule has 1 aliphatic rings. The van der Waals surface area contributed by atoms with Crippen LogP contribution in [0, 0.1) is 5.82 Å². The quantitative estimate of drug-likeness (QED) is 0.361. The highest BCUT2D eigenvalue weighted by atomic mass is 19.1. The smallest absolute Gasteiger partial charge is 0.279 e. The molecule has 0 radical (unpaired) electrons. The number of hydrogen-bond donors (Lipinski definition) is 0. The number of para-hydroxylation sites is 2. The maximum Gasteiger partial charge on any atom is 0.279 e. The second-order valence-electron chi connectivity index (χ2n) is 7.21. The molecule has 0 saturated carbocycles. The summed E-state index contributed by atoms with van der Waals surface area (Å²) in [6.07, 6.45) is 2.57. The molecule has 3 aromatic carbocycles. The number of rotatable bonds is 4. The van der Waals surface area contributed by atoms with Gasteiger partial charge in [0.25, 0.3) is 5.91 Å². The van der Waals surface area contributed by atoms with Gasteiger partial charge in [0, 0.05) is 11.1 Å². The number of anilines is 1. The van der Waals surface area contributed by atoms with Gasteiger partial charge in [0.2, 0.25) is 5.43 Å². The van der Waals surface area contributed by atoms with Gasteiger partial charge in [0.15, 0.2) is 5.71 Å². The van der Waals surface area contributed by atoms with Gasteiger partial charge in [-0.2, -0.15) is 5.10 Å². The second-order valence-corrected chi connectivity index (χ2v) is 7.21. The van der Waals surface area contributed by atoms with Crippen LogP contribution in [0.1, 0.15) is 16.7 Å². The number of halogens is 1. The minimum Gasteiger partial charge on any atom is -0.463 e. The Morgan fingerprint density at radius 3 is 2.56 bits per heavy atom. The van der Waals surface area contributed by atoms with E-state index in [0.29, 0.717) is 27.8 Å². The molecule has 2 heterocycles. The van der Waals surface area contributed by atoms with Crippen molar-refractivity contribution in [3.05, 3.63) is 112 Å². The van der Waals surface area contributed by atoms with Crippen LogP contribution in [-0.2, 0) is 11.3 Å². The molecule has 6 nitrogen and oxygen atoms in total. The molecule has 1 aromatic heterocycles. The lowest BCUT2D eigenvalue weighted by Crippen LogP contribution is -2.29. The van der Waals surface area contributed by atoms with E-state index in [-0.39, 0.29) is 29.1 Å². The van der Waals surface area contributed by atoms with Crippen LogP contribution in [0.2, 0.25) is 0 Å². The number of nitrogens with zero attached hydrogens (tertiary/aromatic N) is 3. The first kappa shape index (κ1) is 19.6. The Kier molecular flexibility index (Phi) is 4.91. The van der Waals surface area contributed by atoms with Crippen LogP contribution in [0.5, 0.6) is 0 Å². The molecule has 0 atom stereocenters. The van der Waals surface area contributed by atoms with Crippen molar-refractivity contribution in [3.63, 3.8) is 0 Å². The van der Waals surface area contributed by atoms with Crippen LogP contribution >= 0.6 is 0 Å². The maximum atomic E-state index is 14.2. The van der Waals surface area contributed by atoms with Gasteiger partial charge in [0.1, 0.15) is 17.7 Å². The molecule has 1 aliphatic heterocycles. The SMILES string of the molecule is O=C1/C(=N\N=C\c2coc3ccccc3c2=O)c2ccccc2N1Cc1ccccc1F. The summed E-state index contributed by atoms with van der Waals surface area (Å²) in [5.74, 6) is -0.777. The summed E-state index contributed by atoms with van der Waals surface area (Å²) < 4.78 is 19.6. The number of hydrogen-bond acceptors (Lipinski definition) is 5. The van der Waals surface area contributed by atoms with Gasteiger partial charge >= 0.3 is 0 Å². The first-order valence-electron chi connectivity index (χ1n) is 9.90. The highest BCUT2D eigenvalue weighted by Crippen LogP contribution is 2.31. The summed E-state index contributed by atoms with van der Waals surface area (Å²) in [7, 11) is 0. The Morgan fingerprint density at radius 2 is 1.69 bits per heavy atom. The molecule has 0 N–H and O–H groups in total. The fraction of sp³-hybridized carbons (Fsp3) is 0.0400. The lowest BCUT2D eigenvalue weighted by atomic mass is 10.1. The van der Waals surface area contributed by atoms with Gasteiger partial charge < -0.3 is 9.32 Å². The Balaban J connectivity index is 1.49. The second kappa shape index (κ2) is 8.03. The van der Waals surface area contributed by atoms with Crippen molar-refractivity contribution in [2.45, 2.75) is 6.54 Å². The van der Waals surface area contributed by atoms with Gasteiger partial charge in [-0.1, -0.05) is 48.5 Å². The predicted molar refractivity (Wildman–Crippen MR) is 121 cm³/mol. The molecule has 0 spiro atoms. The number of fused-ring (bicyclic) bond motifs is 2. The fourth-order valence-electron chi connectivity index (χ4n) is 3.64. The maximum absolute atomic E-state index is 14.2. The van der Waals surface area contributed by atoms with Crippen molar-refractivity contribution < 1.29 is 13.6 Å². The topological polar surface area (TPSA) is 75.2 Å². The van der Waals surface area contributed by atoms with Crippen LogP contribution in [0.25, 0.3) is 11.0 Å². The molecule has 0 aliphatic carbocycles. The van der Waals surface area contributed by atoms with Gasteiger partial charge in [-0.25, -0.2) is 4.39 Å². The van der Waals surface area contributed by atoms with Crippen molar-refractivity contribution in [1.82, 2.24) is 0 Å². The minimum absolute atomic E-state index is 0.0690. The lowest BCUT2D eigenvalue weighted by Gasteiger charge is -2.17. The van der Waals surface area contributed by atoms with Crippen LogP contribution in [0.4, 0.5) is 10.1 Å². The third-order valence-corrected chi connectivity index (χ3v) is 5.25. The van der Waals surface area contributed by atoms with E-state index in [2.05, 4.69) is 10.2 Å². The summed E-state index contributed by atoms with van der Waals surface area (Å²) in [6, 6.07) is 20.3. The molecule has 32 heavy (non-hydrogen) atoms. The molecule has 1 amide bonds. The lowest BCUT2D eigenvalue weighted by molar-refractivity contribution is -0.112. The molecule has 7 heteroatoms. The van der Waals surface area contributed by atoms with E-state index < -0.39 is 5.91 Å². The molecule has 156 valence electrons. The van der Waals surface area contributed by atoms with E-state index in [9.17, 15) is 14.0 Å². The minimum atomic E-state index is -0.392. The Morgan fingerprint density at radius 1 is 0.938 bits per heavy atom. The Bertz CT molecular complexity index is 1470. The molecular formula is C25H16FN3O3. The predicted octanol–water partition coefficient (Wildman–Crippen LogP) is 4.30. The van der Waals surface area contributed by atoms with Gasteiger partial charge in [-0.15, -0.1) is 5.10 Å². The summed E-state index contributed by atoms with van der Waals surface area (Å²) in [6.45, 7) is 0.0690. The van der Waals surface area contributed by atoms with Crippen molar-refractivity contribution in [2.24, 2.45) is 10.2 Å². The van der Waals surface area contributed by atoms with E-state index in [0.717, 1.165) is 0 Å². The summed E-state index contributed by atoms with van der Waals surface area (Å²) in [4.78, 5) is 27.1. The average molecular weight is 425 g/mol. The molecule has 0 saturated heterocycles. The third-order valence-electron chi connectivity index (χ3n) is 5.25. The van der Waals surface area contributed by atoms with Crippen molar-refractivity contribution in [3.8, 4) is 0 Å². The Hall–Kier alpha value is -4.39. The van der Waals surface area contributed by atoms with Crippen LogP contribution in [0.3, 0.4) is 0 Å². The molecule has 0 fully saturated rings. The van der Waals surface area contributed by atoms with Gasteiger partial charge in [0.05, 0.1) is 29.4 Å². The van der Waals surface area contributed by atoms with Crippen molar-refractivity contribution in [1.29, 1.82) is 0 Å². The molecule has 5 rings (SSSR count). The van der Waals surface area contributed by atoms with E-state index in [1.807, 2.05) is 0 Å². The van der Waals surface area contributed by atoms with Crippen LogP contribution in [0.15, 0.2) is 98.5 Å². The highest BCUT2D eigenvalue weighted by molar-refractivity contribution is 6.54. The van der Waals surface area contributed by atoms with Crippen LogP contribution < -0.4 is 10.3 Å². The molecule has 0 bridgehead atoms. The zero-order valence-corrected chi connectivity index (χ0v) is 16.7. The Labute approximate surface area is 181 Å². The van der Waals surface area contributed by atoms with Crippen molar-refractivity contribution >= 4 is 34.5 Å². The van der Waals surface area contributed by atoms with E-state index >= 15 is 0 Å². The average Bonchev–Trinajstić information content (AvgIpc) is 3.08. The first-order valence-corrected chi connectivity index (χ1v) is 9.90. The highest BCUT2D eigenvalue weighted by Gasteiger charge is 2.34. The van der Waals surface area contributed by atoms with Gasteiger partial charge in [-0.05, 0) is 24.3 Å². The van der Waals surface area contributed by atoms with Crippen molar-refractivity contribution in [2.75, 3.05) is 4.90 Å². The summed E-state index contributed by atoms with van der Waals surface area (Å²) in [5.41, 5.74) is 2.19. The molecule has 0 unspecified atom stereocenters. The zero-order chi connectivity index (χ0) is 22.1. The number of carbonyl (C=O) groups is 1. The molecule has 4 aromatic rings. The van der Waals surface area contributed by atoms with E-state index in [1.165, 1.54) is 23.4 Å². The van der Waals surface area contributed by atoms with E-state index in [4.69, 9.17) is 4.42 Å². The molecular weight excluding hydrogens is 409 g/mol. The van der Waals surface area contributed by atoms with Gasteiger partial charge in [-0.3, -0.25) is 9.59 Å². The summed E-state index contributed by atoms with van der Waals surface area (Å²) >= 11 is 0. The van der Waals surface area contributed by atoms with E-state index in [1.54, 1.807) is 66.7 Å². The fourth-order valence-corrected chi connectivity index (χ4v) is 3.64. The summed E-state index contributed by atoms with van der Waals surface area (Å²) in [5, 5.41) is 8.51. The van der Waals surface area contributed by atoms with Crippen LogP contribution in [-0.4, -0.2) is 17.8 Å². The standard InChI is InChI=1S/C25H16FN3O3/c26-20-10-4-1-7-16(20)14-29-21-11-5-2-8-18(21)23(25(29)31)28-27-13-17-15-32-22-12-6-3-9-19(22)24(17)30/h1-13,15H,14H2/b27-13+,28-23-. The third kappa shape index (κ3) is 3.39. The number of benzene rings is 3. The largest absolute Gasteiger partial charge is 0.463 e. The monoisotopic (exact) mass is 425 g/mol. The first-order chi connectivity index (χ1) is 15.6.